The van der Waals surface area contributed by atoms with E-state index in [0.717, 1.165) is 13.0 Å². The lowest BCUT2D eigenvalue weighted by molar-refractivity contribution is -0.123. The maximum Gasteiger partial charge on any atom is 0.240 e. The molecule has 2 rings (SSSR count). The first-order valence-corrected chi connectivity index (χ1v) is 4.86. The summed E-state index contributed by atoms with van der Waals surface area (Å²) in [6.45, 7) is 4.46. The number of amides is 1. The van der Waals surface area contributed by atoms with Crippen LogP contribution in [0.4, 0.5) is 0 Å². The predicted octanol–water partition coefficient (Wildman–Crippen LogP) is 0.416. The molecule has 72 valence electrons. The van der Waals surface area contributed by atoms with Crippen molar-refractivity contribution in [2.75, 3.05) is 6.54 Å². The lowest BCUT2D eigenvalue weighted by Crippen LogP contribution is -2.44. The molecule has 0 unspecified atom stereocenters. The van der Waals surface area contributed by atoms with E-state index in [1.807, 2.05) is 0 Å². The first kappa shape index (κ1) is 8.75. The van der Waals surface area contributed by atoms with Gasteiger partial charge in [0.1, 0.15) is 5.54 Å². The van der Waals surface area contributed by atoms with Crippen molar-refractivity contribution in [3.05, 3.63) is 12.7 Å². The van der Waals surface area contributed by atoms with E-state index < -0.39 is 5.54 Å². The van der Waals surface area contributed by atoms with Gasteiger partial charge in [-0.15, -0.1) is 6.58 Å². The van der Waals surface area contributed by atoms with Gasteiger partial charge in [0.05, 0.1) is 0 Å². The van der Waals surface area contributed by atoms with Crippen molar-refractivity contribution in [1.82, 2.24) is 5.32 Å². The molecule has 2 atom stereocenters. The van der Waals surface area contributed by atoms with E-state index in [2.05, 4.69) is 11.9 Å². The average molecular weight is 180 g/mol. The highest BCUT2D eigenvalue weighted by Crippen LogP contribution is 2.42. The highest BCUT2D eigenvalue weighted by atomic mass is 16.2. The Hall–Kier alpha value is -0.830. The van der Waals surface area contributed by atoms with Gasteiger partial charge >= 0.3 is 0 Å². The number of hydrogen-bond acceptors (Lipinski definition) is 2. The highest BCUT2D eigenvalue weighted by molar-refractivity contribution is 5.90. The molecule has 3 nitrogen and oxygen atoms in total. The summed E-state index contributed by atoms with van der Waals surface area (Å²) in [5.74, 6) is 0.907. The van der Waals surface area contributed by atoms with Crippen LogP contribution in [0.1, 0.15) is 19.3 Å². The van der Waals surface area contributed by atoms with E-state index in [4.69, 9.17) is 5.73 Å². The molecule has 2 aliphatic rings. The largest absolute Gasteiger partial charge is 0.354 e. The van der Waals surface area contributed by atoms with Crippen molar-refractivity contribution in [3.8, 4) is 0 Å². The Kier molecular flexibility index (Phi) is 1.91. The van der Waals surface area contributed by atoms with Gasteiger partial charge in [0.15, 0.2) is 0 Å². The fourth-order valence-corrected chi connectivity index (χ4v) is 1.58. The van der Waals surface area contributed by atoms with Crippen LogP contribution < -0.4 is 11.1 Å². The van der Waals surface area contributed by atoms with Gasteiger partial charge in [-0.3, -0.25) is 4.79 Å². The van der Waals surface area contributed by atoms with Crippen LogP contribution in [0.3, 0.4) is 0 Å². The van der Waals surface area contributed by atoms with Gasteiger partial charge in [-0.2, -0.15) is 0 Å². The van der Waals surface area contributed by atoms with Crippen LogP contribution in [-0.2, 0) is 4.79 Å². The minimum Gasteiger partial charge on any atom is -0.354 e. The van der Waals surface area contributed by atoms with Crippen LogP contribution in [0.5, 0.6) is 0 Å². The first-order chi connectivity index (χ1) is 6.16. The van der Waals surface area contributed by atoms with Gasteiger partial charge in [0.2, 0.25) is 5.91 Å². The molecular formula is C10H16N2O. The van der Waals surface area contributed by atoms with Crippen molar-refractivity contribution in [3.63, 3.8) is 0 Å². The quantitative estimate of drug-likeness (QED) is 0.616. The van der Waals surface area contributed by atoms with Gasteiger partial charge < -0.3 is 11.1 Å². The first-order valence-electron chi connectivity index (χ1n) is 4.86. The van der Waals surface area contributed by atoms with Crippen molar-refractivity contribution in [1.29, 1.82) is 0 Å². The van der Waals surface area contributed by atoms with Gasteiger partial charge in [-0.05, 0) is 25.2 Å². The normalized spacial score (nSPS) is 36.8. The molecule has 0 bridgehead atoms. The Morgan fingerprint density at radius 2 is 2.38 bits per heavy atom. The molecule has 0 aromatic rings. The summed E-state index contributed by atoms with van der Waals surface area (Å²) in [5, 5.41) is 2.90. The molecular weight excluding hydrogens is 164 g/mol. The topological polar surface area (TPSA) is 55.1 Å². The highest BCUT2D eigenvalue weighted by Gasteiger charge is 2.55. The molecule has 2 saturated carbocycles. The van der Waals surface area contributed by atoms with E-state index in [-0.39, 0.29) is 11.8 Å². The number of carbonyl (C=O) groups is 1. The Bertz CT molecular complexity index is 247. The van der Waals surface area contributed by atoms with Crippen LogP contribution in [0.25, 0.3) is 0 Å². The summed E-state index contributed by atoms with van der Waals surface area (Å²) < 4.78 is 0. The van der Waals surface area contributed by atoms with Crippen LogP contribution in [-0.4, -0.2) is 18.0 Å². The second-order valence-corrected chi connectivity index (χ2v) is 4.24. The standard InChI is InChI=1S/C10H16N2O/c1-2-8-5-10(8,11)9(13)12-6-7-3-4-7/h2,7-8H,1,3-6,11H2,(H,12,13)/t8-,10-/m1/s1. The summed E-state index contributed by atoms with van der Waals surface area (Å²) in [6.07, 6.45) is 5.04. The lowest BCUT2D eigenvalue weighted by atomic mass is 10.2. The SMILES string of the molecule is C=C[C@@H]1C[C@]1(N)C(=O)NCC1CC1. The summed E-state index contributed by atoms with van der Waals surface area (Å²) in [7, 11) is 0. The number of nitrogens with two attached hydrogens (primary N) is 1. The molecule has 3 N–H and O–H groups in total. The number of carbonyl (C=O) groups excluding carboxylic acids is 1. The molecule has 0 radical (unpaired) electrons. The second-order valence-electron chi connectivity index (χ2n) is 4.24. The lowest BCUT2D eigenvalue weighted by Gasteiger charge is -2.10. The van der Waals surface area contributed by atoms with Crippen molar-refractivity contribution < 1.29 is 4.79 Å². The third-order valence-electron chi connectivity index (χ3n) is 3.01. The molecule has 0 spiro atoms. The van der Waals surface area contributed by atoms with Gasteiger partial charge in [-0.1, -0.05) is 6.08 Å². The van der Waals surface area contributed by atoms with Crippen LogP contribution in [0, 0.1) is 11.8 Å². The molecule has 2 fully saturated rings. The van der Waals surface area contributed by atoms with E-state index in [1.165, 1.54) is 12.8 Å². The van der Waals surface area contributed by atoms with E-state index >= 15 is 0 Å². The molecule has 0 heterocycles. The van der Waals surface area contributed by atoms with E-state index in [1.54, 1.807) is 6.08 Å². The minimum absolute atomic E-state index is 0.00398. The molecule has 3 heteroatoms. The minimum atomic E-state index is -0.628. The number of hydrogen-bond donors (Lipinski definition) is 2. The van der Waals surface area contributed by atoms with Crippen LogP contribution >= 0.6 is 0 Å². The fourth-order valence-electron chi connectivity index (χ4n) is 1.58. The molecule has 2 aliphatic carbocycles. The van der Waals surface area contributed by atoms with Crippen LogP contribution in [0.15, 0.2) is 12.7 Å². The van der Waals surface area contributed by atoms with Gasteiger partial charge in [0.25, 0.3) is 0 Å². The van der Waals surface area contributed by atoms with Gasteiger partial charge in [0, 0.05) is 12.5 Å². The van der Waals surface area contributed by atoms with Crippen molar-refractivity contribution >= 4 is 5.91 Å². The molecule has 0 aromatic heterocycles. The van der Waals surface area contributed by atoms with E-state index in [9.17, 15) is 4.79 Å². The summed E-state index contributed by atoms with van der Waals surface area (Å²) in [6, 6.07) is 0. The second kappa shape index (κ2) is 2.84. The summed E-state index contributed by atoms with van der Waals surface area (Å²) in [4.78, 5) is 11.5. The molecule has 0 saturated heterocycles. The molecule has 13 heavy (non-hydrogen) atoms. The van der Waals surface area contributed by atoms with Crippen molar-refractivity contribution in [2.24, 2.45) is 17.6 Å². The number of rotatable bonds is 4. The monoisotopic (exact) mass is 180 g/mol. The van der Waals surface area contributed by atoms with Crippen LogP contribution in [0.2, 0.25) is 0 Å². The van der Waals surface area contributed by atoms with Crippen molar-refractivity contribution in [2.45, 2.75) is 24.8 Å². The smallest absolute Gasteiger partial charge is 0.240 e. The fraction of sp³-hybridized carbons (Fsp3) is 0.700. The Labute approximate surface area is 78.4 Å². The third-order valence-corrected chi connectivity index (χ3v) is 3.01. The third kappa shape index (κ3) is 1.61. The number of nitrogens with one attached hydrogen (secondary N) is 1. The Balaban J connectivity index is 1.79. The Morgan fingerprint density at radius 1 is 1.69 bits per heavy atom. The maximum absolute atomic E-state index is 11.5. The maximum atomic E-state index is 11.5. The van der Waals surface area contributed by atoms with Gasteiger partial charge in [-0.25, -0.2) is 0 Å². The summed E-state index contributed by atoms with van der Waals surface area (Å²) >= 11 is 0. The predicted molar refractivity (Wildman–Crippen MR) is 51.0 cm³/mol. The summed E-state index contributed by atoms with van der Waals surface area (Å²) in [5.41, 5.74) is 5.24. The molecule has 1 amide bonds. The Morgan fingerprint density at radius 3 is 2.85 bits per heavy atom. The zero-order valence-corrected chi connectivity index (χ0v) is 7.75. The molecule has 0 aromatic carbocycles. The molecule has 0 aliphatic heterocycles. The van der Waals surface area contributed by atoms with E-state index in [0.29, 0.717) is 5.92 Å². The average Bonchev–Trinajstić information content (AvgIpc) is 2.97. The zero-order valence-electron chi connectivity index (χ0n) is 7.75. The zero-order chi connectivity index (χ0) is 9.47.